The molecule has 0 amide bonds. The molecule has 0 bridgehead atoms. The van der Waals surface area contributed by atoms with E-state index in [-0.39, 0.29) is 6.04 Å². The van der Waals surface area contributed by atoms with Crippen LogP contribution in [0.3, 0.4) is 0 Å². The predicted octanol–water partition coefficient (Wildman–Crippen LogP) is 1.44. The Morgan fingerprint density at radius 2 is 2.28 bits per heavy atom. The fourth-order valence-corrected chi connectivity index (χ4v) is 2.08. The van der Waals surface area contributed by atoms with E-state index in [0.29, 0.717) is 0 Å². The Labute approximate surface area is 107 Å². The van der Waals surface area contributed by atoms with Crippen molar-refractivity contribution in [2.75, 3.05) is 0 Å². The van der Waals surface area contributed by atoms with E-state index >= 15 is 0 Å². The molecule has 18 heavy (non-hydrogen) atoms. The molecule has 2 rings (SSSR count). The fourth-order valence-electron chi connectivity index (χ4n) is 2.08. The molecule has 0 saturated heterocycles. The largest absolute Gasteiger partial charge is 0.271 e. The number of nitrogens with zero attached hydrogens (tertiary/aromatic N) is 3. The average Bonchev–Trinajstić information content (AvgIpc) is 2.89. The van der Waals surface area contributed by atoms with Gasteiger partial charge in [0, 0.05) is 25.1 Å². The van der Waals surface area contributed by atoms with E-state index in [1.165, 1.54) is 5.56 Å². The van der Waals surface area contributed by atoms with E-state index in [2.05, 4.69) is 28.5 Å². The van der Waals surface area contributed by atoms with Gasteiger partial charge in [0.05, 0.1) is 11.7 Å². The molecule has 1 atom stereocenters. The van der Waals surface area contributed by atoms with Crippen LogP contribution in [0.1, 0.15) is 30.6 Å². The van der Waals surface area contributed by atoms with Crippen molar-refractivity contribution in [2.45, 2.75) is 32.4 Å². The van der Waals surface area contributed by atoms with Gasteiger partial charge in [-0.2, -0.15) is 5.10 Å². The molecule has 5 nitrogen and oxygen atoms in total. The molecular formula is C13H19N5. The molecule has 0 aliphatic rings. The van der Waals surface area contributed by atoms with Crippen LogP contribution in [0.25, 0.3) is 0 Å². The van der Waals surface area contributed by atoms with E-state index in [4.69, 9.17) is 5.84 Å². The summed E-state index contributed by atoms with van der Waals surface area (Å²) in [6.07, 6.45) is 7.36. The summed E-state index contributed by atoms with van der Waals surface area (Å²) in [7, 11) is 0. The first-order chi connectivity index (χ1) is 8.85. The number of hydrogen-bond donors (Lipinski definition) is 2. The summed E-state index contributed by atoms with van der Waals surface area (Å²) in [4.78, 5) is 4.12. The van der Waals surface area contributed by atoms with E-state index in [1.807, 2.05) is 29.2 Å². The summed E-state index contributed by atoms with van der Waals surface area (Å²) in [6.45, 7) is 2.93. The van der Waals surface area contributed by atoms with Gasteiger partial charge >= 0.3 is 0 Å². The summed E-state index contributed by atoms with van der Waals surface area (Å²) in [5, 5.41) is 4.27. The first kappa shape index (κ1) is 12.7. The third-order valence-electron chi connectivity index (χ3n) is 3.05. The van der Waals surface area contributed by atoms with Crippen molar-refractivity contribution in [3.05, 3.63) is 48.0 Å². The number of hydrazine groups is 1. The van der Waals surface area contributed by atoms with Gasteiger partial charge in [0.25, 0.3) is 0 Å². The molecule has 5 heteroatoms. The minimum atomic E-state index is 0.118. The second-order valence-electron chi connectivity index (χ2n) is 4.19. The Hall–Kier alpha value is -1.72. The van der Waals surface area contributed by atoms with Crippen LogP contribution >= 0.6 is 0 Å². The zero-order chi connectivity index (χ0) is 12.8. The lowest BCUT2D eigenvalue weighted by atomic mass is 10.0. The van der Waals surface area contributed by atoms with Gasteiger partial charge in [0.1, 0.15) is 0 Å². The average molecular weight is 245 g/mol. The lowest BCUT2D eigenvalue weighted by molar-refractivity contribution is 0.467. The zero-order valence-electron chi connectivity index (χ0n) is 10.6. The normalized spacial score (nSPS) is 12.6. The van der Waals surface area contributed by atoms with Gasteiger partial charge in [-0.1, -0.05) is 6.07 Å². The van der Waals surface area contributed by atoms with Crippen LogP contribution in [0.2, 0.25) is 0 Å². The monoisotopic (exact) mass is 245 g/mol. The predicted molar refractivity (Wildman–Crippen MR) is 70.5 cm³/mol. The Morgan fingerprint density at radius 3 is 2.94 bits per heavy atom. The number of nitrogens with two attached hydrogens (primary N) is 1. The summed E-state index contributed by atoms with van der Waals surface area (Å²) in [6, 6.07) is 6.17. The highest BCUT2D eigenvalue weighted by atomic mass is 15.3. The Morgan fingerprint density at radius 1 is 1.39 bits per heavy atom. The van der Waals surface area contributed by atoms with Crippen LogP contribution in [0.5, 0.6) is 0 Å². The molecule has 3 N–H and O–H groups in total. The Balaban J connectivity index is 2.02. The van der Waals surface area contributed by atoms with E-state index in [9.17, 15) is 0 Å². The van der Waals surface area contributed by atoms with E-state index < -0.39 is 0 Å². The summed E-state index contributed by atoms with van der Waals surface area (Å²) >= 11 is 0. The summed E-state index contributed by atoms with van der Waals surface area (Å²) in [5.41, 5.74) is 5.22. The molecule has 0 aromatic carbocycles. The first-order valence-electron chi connectivity index (χ1n) is 6.22. The minimum absolute atomic E-state index is 0.118. The third kappa shape index (κ3) is 2.94. The molecule has 0 aliphatic heterocycles. The van der Waals surface area contributed by atoms with E-state index in [0.717, 1.165) is 25.1 Å². The number of aromatic nitrogens is 3. The van der Waals surface area contributed by atoms with Gasteiger partial charge in [0.15, 0.2) is 0 Å². The molecule has 2 aromatic rings. The molecule has 2 aromatic heterocycles. The van der Waals surface area contributed by atoms with Gasteiger partial charge in [-0.25, -0.2) is 0 Å². The van der Waals surface area contributed by atoms with Crippen LogP contribution in [-0.4, -0.2) is 14.8 Å². The minimum Gasteiger partial charge on any atom is -0.271 e. The van der Waals surface area contributed by atoms with Gasteiger partial charge in [-0.15, -0.1) is 0 Å². The van der Waals surface area contributed by atoms with Crippen molar-refractivity contribution in [3.8, 4) is 0 Å². The van der Waals surface area contributed by atoms with Crippen LogP contribution < -0.4 is 11.3 Å². The molecule has 0 aliphatic carbocycles. The molecule has 0 radical (unpaired) electrons. The molecule has 0 fully saturated rings. The summed E-state index contributed by atoms with van der Waals surface area (Å²) in [5.74, 6) is 5.64. The van der Waals surface area contributed by atoms with Crippen LogP contribution in [0.15, 0.2) is 36.8 Å². The SMILES string of the molecule is CCn1nccc1C(CCc1cccnc1)NN. The van der Waals surface area contributed by atoms with Gasteiger partial charge < -0.3 is 0 Å². The van der Waals surface area contributed by atoms with Crippen molar-refractivity contribution < 1.29 is 0 Å². The maximum Gasteiger partial charge on any atom is 0.0632 e. The highest BCUT2D eigenvalue weighted by Crippen LogP contribution is 2.17. The second kappa shape index (κ2) is 6.28. The molecule has 96 valence electrons. The van der Waals surface area contributed by atoms with Crippen molar-refractivity contribution in [1.29, 1.82) is 0 Å². The molecular weight excluding hydrogens is 226 g/mol. The van der Waals surface area contributed by atoms with Crippen LogP contribution in [0.4, 0.5) is 0 Å². The molecule has 1 unspecified atom stereocenters. The Kier molecular flexibility index (Phi) is 4.44. The number of hydrogen-bond acceptors (Lipinski definition) is 4. The smallest absolute Gasteiger partial charge is 0.0632 e. The van der Waals surface area contributed by atoms with E-state index in [1.54, 1.807) is 6.20 Å². The second-order valence-corrected chi connectivity index (χ2v) is 4.19. The van der Waals surface area contributed by atoms with Crippen LogP contribution in [0, 0.1) is 0 Å². The topological polar surface area (TPSA) is 68.8 Å². The quantitative estimate of drug-likeness (QED) is 0.597. The van der Waals surface area contributed by atoms with Gasteiger partial charge in [-0.3, -0.25) is 20.9 Å². The Bertz CT molecular complexity index is 465. The molecule has 0 spiro atoms. The van der Waals surface area contributed by atoms with Crippen molar-refractivity contribution in [1.82, 2.24) is 20.2 Å². The lowest BCUT2D eigenvalue weighted by Gasteiger charge is -2.17. The summed E-state index contributed by atoms with van der Waals surface area (Å²) < 4.78 is 1.97. The van der Waals surface area contributed by atoms with Crippen molar-refractivity contribution in [2.24, 2.45) is 5.84 Å². The number of aryl methyl sites for hydroxylation is 2. The maximum absolute atomic E-state index is 5.64. The standard InChI is InChI=1S/C13H19N5/c1-2-18-13(7-9-16-18)12(17-14)6-5-11-4-3-8-15-10-11/h3-4,7-10,12,17H,2,5-6,14H2,1H3. The zero-order valence-corrected chi connectivity index (χ0v) is 10.6. The highest BCUT2D eigenvalue weighted by molar-refractivity contribution is 5.11. The molecule has 2 heterocycles. The van der Waals surface area contributed by atoms with Gasteiger partial charge in [0.2, 0.25) is 0 Å². The maximum atomic E-state index is 5.64. The van der Waals surface area contributed by atoms with Crippen molar-refractivity contribution in [3.63, 3.8) is 0 Å². The first-order valence-corrected chi connectivity index (χ1v) is 6.22. The van der Waals surface area contributed by atoms with Gasteiger partial charge in [-0.05, 0) is 37.5 Å². The fraction of sp³-hybridized carbons (Fsp3) is 0.385. The number of rotatable bonds is 6. The highest BCUT2D eigenvalue weighted by Gasteiger charge is 2.13. The van der Waals surface area contributed by atoms with Crippen molar-refractivity contribution >= 4 is 0 Å². The third-order valence-corrected chi connectivity index (χ3v) is 3.05. The number of nitrogens with one attached hydrogen (secondary N) is 1. The van der Waals surface area contributed by atoms with Crippen LogP contribution in [-0.2, 0) is 13.0 Å². The number of pyridine rings is 1. The lowest BCUT2D eigenvalue weighted by Crippen LogP contribution is -2.30. The molecule has 0 saturated carbocycles.